The van der Waals surface area contributed by atoms with Crippen LogP contribution in [0, 0.1) is 0 Å². The highest BCUT2D eigenvalue weighted by molar-refractivity contribution is 7.89. The number of sulfonamides is 1. The Labute approximate surface area is 186 Å². The van der Waals surface area contributed by atoms with Crippen LogP contribution < -0.4 is 5.32 Å². The smallest absolute Gasteiger partial charge is 0.255 e. The van der Waals surface area contributed by atoms with Gasteiger partial charge in [-0.25, -0.2) is 8.42 Å². The zero-order valence-electron chi connectivity index (χ0n) is 18.5. The topological polar surface area (TPSA) is 69.7 Å². The van der Waals surface area contributed by atoms with Gasteiger partial charge in [-0.15, -0.1) is 0 Å². The van der Waals surface area contributed by atoms with E-state index in [0.717, 1.165) is 37.3 Å². The lowest BCUT2D eigenvalue weighted by molar-refractivity contribution is 0.102. The summed E-state index contributed by atoms with van der Waals surface area (Å²) in [6.07, 6.45) is 3.41. The van der Waals surface area contributed by atoms with Gasteiger partial charge in [0.05, 0.1) is 5.75 Å². The quantitative estimate of drug-likeness (QED) is 0.641. The van der Waals surface area contributed by atoms with Crippen molar-refractivity contribution in [2.24, 2.45) is 0 Å². The highest BCUT2D eigenvalue weighted by atomic mass is 32.2. The Morgan fingerprint density at radius 1 is 0.903 bits per heavy atom. The van der Waals surface area contributed by atoms with Crippen molar-refractivity contribution in [2.75, 3.05) is 37.2 Å². The highest BCUT2D eigenvalue weighted by Crippen LogP contribution is 2.15. The van der Waals surface area contributed by atoms with Crippen LogP contribution in [0.25, 0.3) is 0 Å². The van der Waals surface area contributed by atoms with Gasteiger partial charge in [0.25, 0.3) is 5.91 Å². The summed E-state index contributed by atoms with van der Waals surface area (Å²) in [6, 6.07) is 15.7. The summed E-state index contributed by atoms with van der Waals surface area (Å²) in [5.74, 6) is 0.0331. The van der Waals surface area contributed by atoms with E-state index in [2.05, 4.69) is 29.3 Å². The Morgan fingerprint density at radius 2 is 1.52 bits per heavy atom. The van der Waals surface area contributed by atoms with E-state index in [0.29, 0.717) is 18.7 Å². The molecule has 0 saturated carbocycles. The van der Waals surface area contributed by atoms with Crippen LogP contribution in [0.5, 0.6) is 0 Å². The minimum atomic E-state index is -3.10. The van der Waals surface area contributed by atoms with Gasteiger partial charge in [0, 0.05) is 44.0 Å². The summed E-state index contributed by atoms with van der Waals surface area (Å²) >= 11 is 0. The first-order valence-electron chi connectivity index (χ1n) is 11.1. The minimum absolute atomic E-state index is 0.119. The molecule has 1 aliphatic rings. The molecule has 0 aliphatic carbocycles. The van der Waals surface area contributed by atoms with E-state index >= 15 is 0 Å². The third-order valence-electron chi connectivity index (χ3n) is 5.74. The number of unbranched alkanes of at least 4 members (excludes halogenated alkanes) is 1. The molecule has 1 heterocycles. The van der Waals surface area contributed by atoms with Crippen molar-refractivity contribution in [3.63, 3.8) is 0 Å². The molecule has 6 nitrogen and oxygen atoms in total. The first-order chi connectivity index (χ1) is 14.9. The summed E-state index contributed by atoms with van der Waals surface area (Å²) in [4.78, 5) is 14.8. The van der Waals surface area contributed by atoms with Crippen LogP contribution in [-0.4, -0.2) is 55.5 Å². The fourth-order valence-electron chi connectivity index (χ4n) is 3.71. The third kappa shape index (κ3) is 6.63. The number of amides is 1. The molecule has 31 heavy (non-hydrogen) atoms. The highest BCUT2D eigenvalue weighted by Gasteiger charge is 2.25. The molecule has 3 rings (SSSR count). The van der Waals surface area contributed by atoms with Gasteiger partial charge in [-0.05, 0) is 55.2 Å². The Hall–Kier alpha value is -2.22. The molecule has 1 fully saturated rings. The molecule has 1 aliphatic heterocycles. The van der Waals surface area contributed by atoms with E-state index in [1.54, 1.807) is 11.2 Å². The summed E-state index contributed by atoms with van der Waals surface area (Å²) in [6.45, 7) is 7.12. The Bertz CT molecular complexity index is 949. The first-order valence-corrected chi connectivity index (χ1v) is 12.7. The number of benzene rings is 2. The molecule has 168 valence electrons. The van der Waals surface area contributed by atoms with E-state index in [1.165, 1.54) is 18.4 Å². The molecule has 7 heteroatoms. The molecular weight excluding hydrogens is 410 g/mol. The normalized spacial score (nSPS) is 15.7. The zero-order valence-corrected chi connectivity index (χ0v) is 19.3. The fraction of sp³-hybridized carbons (Fsp3) is 0.458. The number of hydrogen-bond donors (Lipinski definition) is 1. The van der Waals surface area contributed by atoms with Crippen LogP contribution in [0.2, 0.25) is 0 Å². The maximum atomic E-state index is 12.5. The van der Waals surface area contributed by atoms with Gasteiger partial charge >= 0.3 is 0 Å². The average Bonchev–Trinajstić information content (AvgIpc) is 2.79. The number of hydrogen-bond acceptors (Lipinski definition) is 4. The zero-order chi connectivity index (χ0) is 22.3. The van der Waals surface area contributed by atoms with E-state index in [9.17, 15) is 13.2 Å². The summed E-state index contributed by atoms with van der Waals surface area (Å²) in [5, 5.41) is 2.96. The van der Waals surface area contributed by atoms with Gasteiger partial charge < -0.3 is 5.32 Å². The number of piperazine rings is 1. The number of carbonyl (C=O) groups excluding carboxylic acids is 1. The third-order valence-corrected chi connectivity index (χ3v) is 7.62. The van der Waals surface area contributed by atoms with E-state index < -0.39 is 10.0 Å². The maximum Gasteiger partial charge on any atom is 0.255 e. The molecule has 0 unspecified atom stereocenters. The number of carbonyl (C=O) groups is 1. The van der Waals surface area contributed by atoms with Crippen LogP contribution in [0.3, 0.4) is 0 Å². The number of aryl methyl sites for hydroxylation is 1. The lowest BCUT2D eigenvalue weighted by Gasteiger charge is -2.33. The Morgan fingerprint density at radius 3 is 2.10 bits per heavy atom. The monoisotopic (exact) mass is 443 g/mol. The molecule has 0 aromatic heterocycles. The van der Waals surface area contributed by atoms with Gasteiger partial charge in [0.1, 0.15) is 0 Å². The van der Waals surface area contributed by atoms with Gasteiger partial charge in [-0.2, -0.15) is 4.31 Å². The maximum absolute atomic E-state index is 12.5. The lowest BCUT2D eigenvalue weighted by Crippen LogP contribution is -2.48. The fourth-order valence-corrected chi connectivity index (χ4v) is 4.79. The molecule has 0 spiro atoms. The Balaban J connectivity index is 1.50. The molecule has 2 aromatic rings. The van der Waals surface area contributed by atoms with Crippen molar-refractivity contribution in [3.05, 3.63) is 65.2 Å². The Kier molecular flexibility index (Phi) is 8.23. The average molecular weight is 444 g/mol. The summed E-state index contributed by atoms with van der Waals surface area (Å²) in [5.41, 5.74) is 3.83. The van der Waals surface area contributed by atoms with Crippen molar-refractivity contribution < 1.29 is 13.2 Å². The predicted octanol–water partition coefficient (Wildman–Crippen LogP) is 3.75. The molecule has 0 atom stereocenters. The number of nitrogens with one attached hydrogen (secondary N) is 1. The van der Waals surface area contributed by atoms with Gasteiger partial charge in [-0.1, -0.05) is 37.6 Å². The van der Waals surface area contributed by atoms with Crippen LogP contribution in [0.4, 0.5) is 5.69 Å². The molecule has 0 bridgehead atoms. The van der Waals surface area contributed by atoms with E-state index in [1.807, 2.05) is 36.4 Å². The molecule has 1 amide bonds. The number of anilines is 1. The van der Waals surface area contributed by atoms with Crippen molar-refractivity contribution in [1.82, 2.24) is 9.21 Å². The summed E-state index contributed by atoms with van der Waals surface area (Å²) < 4.78 is 25.5. The predicted molar refractivity (Wildman–Crippen MR) is 126 cm³/mol. The molecular formula is C24H33N3O3S. The number of rotatable bonds is 9. The first kappa shape index (κ1) is 23.4. The molecule has 1 N–H and O–H groups in total. The van der Waals surface area contributed by atoms with Crippen LogP contribution in [0.1, 0.15) is 48.2 Å². The largest absolute Gasteiger partial charge is 0.322 e. The molecule has 1 saturated heterocycles. The second-order valence-electron chi connectivity index (χ2n) is 8.03. The van der Waals surface area contributed by atoms with Gasteiger partial charge in [0.2, 0.25) is 10.0 Å². The SMILES string of the molecule is CCCCc1ccc(NC(=O)c2ccc(CN3CCN(S(=O)(=O)CC)CC3)cc2)cc1. The number of nitrogens with zero attached hydrogens (tertiary/aromatic N) is 2. The second kappa shape index (κ2) is 10.9. The van der Waals surface area contributed by atoms with E-state index in [-0.39, 0.29) is 11.7 Å². The summed E-state index contributed by atoms with van der Waals surface area (Å²) in [7, 11) is -3.10. The second-order valence-corrected chi connectivity index (χ2v) is 10.3. The van der Waals surface area contributed by atoms with Crippen molar-refractivity contribution >= 4 is 21.6 Å². The van der Waals surface area contributed by atoms with Crippen LogP contribution >= 0.6 is 0 Å². The van der Waals surface area contributed by atoms with Crippen LogP contribution in [0.15, 0.2) is 48.5 Å². The van der Waals surface area contributed by atoms with Gasteiger partial charge in [0.15, 0.2) is 0 Å². The van der Waals surface area contributed by atoms with Gasteiger partial charge in [-0.3, -0.25) is 9.69 Å². The van der Waals surface area contributed by atoms with Crippen molar-refractivity contribution in [2.45, 2.75) is 39.7 Å². The van der Waals surface area contributed by atoms with E-state index in [4.69, 9.17) is 0 Å². The van der Waals surface area contributed by atoms with Crippen LogP contribution in [-0.2, 0) is 23.0 Å². The molecule has 0 radical (unpaired) electrons. The standard InChI is InChI=1S/C24H33N3O3S/c1-3-5-6-20-9-13-23(14-10-20)25-24(28)22-11-7-21(8-12-22)19-26-15-17-27(18-16-26)31(29,30)4-2/h7-14H,3-6,15-19H2,1-2H3,(H,25,28). The molecule has 2 aromatic carbocycles. The lowest BCUT2D eigenvalue weighted by atomic mass is 10.1. The minimum Gasteiger partial charge on any atom is -0.322 e. The van der Waals surface area contributed by atoms with Crippen molar-refractivity contribution in [3.8, 4) is 0 Å². The van der Waals surface area contributed by atoms with Crippen molar-refractivity contribution in [1.29, 1.82) is 0 Å².